The van der Waals surface area contributed by atoms with Gasteiger partial charge in [-0.05, 0) is 12.5 Å². The van der Waals surface area contributed by atoms with Gasteiger partial charge in [-0.1, -0.05) is 15.9 Å². The maximum atomic E-state index is 10.7. The lowest BCUT2D eigenvalue weighted by Crippen LogP contribution is -2.21. The van der Waals surface area contributed by atoms with E-state index < -0.39 is 12.2 Å². The summed E-state index contributed by atoms with van der Waals surface area (Å²) in [6.45, 7) is 0. The first-order valence-corrected chi connectivity index (χ1v) is 5.25. The van der Waals surface area contributed by atoms with Crippen LogP contribution in [-0.4, -0.2) is 31.8 Å². The molecule has 78 valence electrons. The Morgan fingerprint density at radius 2 is 2.21 bits per heavy atom. The summed E-state index contributed by atoms with van der Waals surface area (Å²) in [4.78, 5) is 10.7. The van der Waals surface area contributed by atoms with E-state index in [4.69, 9.17) is 0 Å². The van der Waals surface area contributed by atoms with E-state index in [9.17, 15) is 15.0 Å². The van der Waals surface area contributed by atoms with Gasteiger partial charge < -0.3 is 10.2 Å². The lowest BCUT2D eigenvalue weighted by Gasteiger charge is -2.15. The van der Waals surface area contributed by atoms with Crippen molar-refractivity contribution in [1.82, 2.24) is 10.2 Å². The summed E-state index contributed by atoms with van der Waals surface area (Å²) < 4.78 is 0. The van der Waals surface area contributed by atoms with Crippen molar-refractivity contribution >= 4 is 15.9 Å². The number of aromatic amines is 1. The quantitative estimate of drug-likeness (QED) is 0.665. The molecule has 0 aliphatic heterocycles. The average Bonchev–Trinajstić information content (AvgIpc) is 2.18. The minimum Gasteiger partial charge on any atom is -0.390 e. The van der Waals surface area contributed by atoms with E-state index in [2.05, 4.69) is 26.1 Å². The van der Waals surface area contributed by atoms with Crippen LogP contribution in [0.25, 0.3) is 0 Å². The number of aliphatic hydroxyl groups excluding tert-OH is 2. The minimum absolute atomic E-state index is 0.262. The zero-order chi connectivity index (χ0) is 10.6. The van der Waals surface area contributed by atoms with E-state index in [1.54, 1.807) is 0 Å². The fourth-order valence-electron chi connectivity index (χ4n) is 0.987. The van der Waals surface area contributed by atoms with Gasteiger partial charge in [0.1, 0.15) is 6.10 Å². The summed E-state index contributed by atoms with van der Waals surface area (Å²) in [6.07, 6.45) is -1.53. The van der Waals surface area contributed by atoms with E-state index in [-0.39, 0.29) is 11.3 Å². The second kappa shape index (κ2) is 5.23. The molecule has 1 aromatic rings. The van der Waals surface area contributed by atoms with Gasteiger partial charge in [-0.25, -0.2) is 5.10 Å². The monoisotopic (exact) mass is 262 g/mol. The number of aliphatic hydroxyl groups is 2. The predicted octanol–water partition coefficient (Wildman–Crippen LogP) is -0.0508. The number of nitrogens with zero attached hydrogens (tertiary/aromatic N) is 1. The van der Waals surface area contributed by atoms with Crippen LogP contribution >= 0.6 is 15.9 Å². The molecule has 0 aliphatic rings. The molecular formula is C8H11BrN2O3. The number of H-pyrrole nitrogens is 1. The summed E-state index contributed by atoms with van der Waals surface area (Å²) in [5, 5.41) is 25.4. The van der Waals surface area contributed by atoms with Crippen LogP contribution in [0.1, 0.15) is 18.2 Å². The smallest absolute Gasteiger partial charge is 0.264 e. The Morgan fingerprint density at radius 3 is 2.71 bits per heavy atom. The van der Waals surface area contributed by atoms with Crippen molar-refractivity contribution in [3.8, 4) is 0 Å². The third kappa shape index (κ3) is 2.90. The number of halogens is 1. The maximum Gasteiger partial charge on any atom is 0.264 e. The molecule has 0 spiro atoms. The number of hydrogen-bond acceptors (Lipinski definition) is 4. The minimum atomic E-state index is -1.07. The standard InChI is InChI=1S/C8H11BrN2O3/c9-4-3-6(12)8(14)5-1-2-7(13)11-10-5/h1-2,6,8,12,14H,3-4H2,(H,11,13). The molecule has 0 fully saturated rings. The van der Waals surface area contributed by atoms with E-state index in [0.29, 0.717) is 11.8 Å². The lowest BCUT2D eigenvalue weighted by atomic mass is 10.1. The van der Waals surface area contributed by atoms with Crippen LogP contribution < -0.4 is 5.56 Å². The highest BCUT2D eigenvalue weighted by molar-refractivity contribution is 9.09. The van der Waals surface area contributed by atoms with Crippen molar-refractivity contribution < 1.29 is 10.2 Å². The van der Waals surface area contributed by atoms with Gasteiger partial charge in [0, 0.05) is 11.4 Å². The highest BCUT2D eigenvalue weighted by Crippen LogP contribution is 2.15. The molecule has 1 aromatic heterocycles. The second-order valence-corrected chi connectivity index (χ2v) is 3.63. The van der Waals surface area contributed by atoms with Crippen molar-refractivity contribution in [3.05, 3.63) is 28.2 Å². The topological polar surface area (TPSA) is 86.2 Å². The van der Waals surface area contributed by atoms with Crippen LogP contribution in [0.3, 0.4) is 0 Å². The molecule has 1 heterocycles. The van der Waals surface area contributed by atoms with E-state index in [0.717, 1.165) is 0 Å². The molecule has 3 N–H and O–H groups in total. The van der Waals surface area contributed by atoms with Crippen LogP contribution in [0.4, 0.5) is 0 Å². The molecular weight excluding hydrogens is 252 g/mol. The highest BCUT2D eigenvalue weighted by Gasteiger charge is 2.18. The summed E-state index contributed by atoms with van der Waals surface area (Å²) in [5.74, 6) is 0. The van der Waals surface area contributed by atoms with Gasteiger partial charge in [-0.3, -0.25) is 4.79 Å². The average molecular weight is 263 g/mol. The molecule has 0 radical (unpaired) electrons. The molecule has 0 saturated heterocycles. The fourth-order valence-corrected chi connectivity index (χ4v) is 1.46. The number of nitrogens with one attached hydrogen (secondary N) is 1. The lowest BCUT2D eigenvalue weighted by molar-refractivity contribution is 0.0142. The third-order valence-corrected chi connectivity index (χ3v) is 2.23. The Morgan fingerprint density at radius 1 is 1.50 bits per heavy atom. The van der Waals surface area contributed by atoms with E-state index in [1.807, 2.05) is 0 Å². The van der Waals surface area contributed by atoms with Crippen LogP contribution in [-0.2, 0) is 0 Å². The zero-order valence-electron chi connectivity index (χ0n) is 7.35. The van der Waals surface area contributed by atoms with Crippen LogP contribution in [0.15, 0.2) is 16.9 Å². The molecule has 2 atom stereocenters. The largest absolute Gasteiger partial charge is 0.390 e. The van der Waals surface area contributed by atoms with E-state index >= 15 is 0 Å². The van der Waals surface area contributed by atoms with Gasteiger partial charge in [-0.15, -0.1) is 0 Å². The van der Waals surface area contributed by atoms with Gasteiger partial charge in [-0.2, -0.15) is 5.10 Å². The Labute approximate surface area is 88.9 Å². The Bertz CT molecular complexity index is 321. The Hall–Kier alpha value is -0.720. The predicted molar refractivity (Wildman–Crippen MR) is 54.2 cm³/mol. The zero-order valence-corrected chi connectivity index (χ0v) is 8.94. The van der Waals surface area contributed by atoms with Gasteiger partial charge in [0.15, 0.2) is 0 Å². The molecule has 6 heteroatoms. The Kier molecular flexibility index (Phi) is 4.24. The number of alkyl halides is 1. The van der Waals surface area contributed by atoms with Crippen molar-refractivity contribution in [2.45, 2.75) is 18.6 Å². The maximum absolute atomic E-state index is 10.7. The van der Waals surface area contributed by atoms with Gasteiger partial charge >= 0.3 is 0 Å². The van der Waals surface area contributed by atoms with Crippen LogP contribution in [0.5, 0.6) is 0 Å². The Balaban J connectivity index is 2.73. The van der Waals surface area contributed by atoms with Gasteiger partial charge in [0.25, 0.3) is 5.56 Å². The molecule has 5 nitrogen and oxygen atoms in total. The number of rotatable bonds is 4. The molecule has 0 aliphatic carbocycles. The van der Waals surface area contributed by atoms with Crippen molar-refractivity contribution in [2.24, 2.45) is 0 Å². The first kappa shape index (κ1) is 11.4. The molecule has 14 heavy (non-hydrogen) atoms. The second-order valence-electron chi connectivity index (χ2n) is 2.84. The SMILES string of the molecule is O=c1ccc(C(O)C(O)CCBr)n[nH]1. The third-order valence-electron chi connectivity index (χ3n) is 1.77. The molecule has 1 rings (SSSR count). The molecule has 0 amide bonds. The summed E-state index contributed by atoms with van der Waals surface area (Å²) in [5.41, 5.74) is -0.0750. The number of hydrogen-bond donors (Lipinski definition) is 3. The molecule has 0 bridgehead atoms. The fraction of sp³-hybridized carbons (Fsp3) is 0.500. The number of aromatic nitrogens is 2. The van der Waals surface area contributed by atoms with Crippen molar-refractivity contribution in [1.29, 1.82) is 0 Å². The first-order chi connectivity index (χ1) is 6.65. The molecule has 0 saturated carbocycles. The van der Waals surface area contributed by atoms with Crippen LogP contribution in [0.2, 0.25) is 0 Å². The summed E-state index contributed by atoms with van der Waals surface area (Å²) in [6, 6.07) is 2.65. The van der Waals surface area contributed by atoms with E-state index in [1.165, 1.54) is 12.1 Å². The summed E-state index contributed by atoms with van der Waals surface area (Å²) >= 11 is 3.15. The highest BCUT2D eigenvalue weighted by atomic mass is 79.9. The normalized spacial score (nSPS) is 15.1. The van der Waals surface area contributed by atoms with Crippen molar-refractivity contribution in [2.75, 3.05) is 5.33 Å². The summed E-state index contributed by atoms with van der Waals surface area (Å²) in [7, 11) is 0. The van der Waals surface area contributed by atoms with Crippen LogP contribution in [0, 0.1) is 0 Å². The molecule has 0 aromatic carbocycles. The first-order valence-electron chi connectivity index (χ1n) is 4.13. The molecule has 2 unspecified atom stereocenters. The van der Waals surface area contributed by atoms with Crippen molar-refractivity contribution in [3.63, 3.8) is 0 Å². The van der Waals surface area contributed by atoms with Gasteiger partial charge in [0.05, 0.1) is 11.8 Å². The van der Waals surface area contributed by atoms with Gasteiger partial charge in [0.2, 0.25) is 0 Å².